The van der Waals surface area contributed by atoms with E-state index in [-0.39, 0.29) is 35.7 Å². The summed E-state index contributed by atoms with van der Waals surface area (Å²) in [6.45, 7) is 5.48. The van der Waals surface area contributed by atoms with Crippen molar-refractivity contribution in [3.63, 3.8) is 0 Å². The zero-order chi connectivity index (χ0) is 35.0. The van der Waals surface area contributed by atoms with Crippen molar-refractivity contribution >= 4 is 17.4 Å². The first kappa shape index (κ1) is 35.1. The zero-order valence-electron chi connectivity index (χ0n) is 27.9. The second-order valence-corrected chi connectivity index (χ2v) is 13.2. The molecule has 4 atom stereocenters. The molecule has 1 aromatic heterocycles. The Bertz CT molecular complexity index is 1860. The number of amides is 1. The highest BCUT2D eigenvalue weighted by molar-refractivity contribution is 5.93. The van der Waals surface area contributed by atoms with Gasteiger partial charge in [0.05, 0.1) is 40.7 Å². The molecule has 0 bridgehead atoms. The van der Waals surface area contributed by atoms with Crippen molar-refractivity contribution in [2.45, 2.75) is 70.9 Å². The Morgan fingerprint density at radius 2 is 1.73 bits per heavy atom. The first-order chi connectivity index (χ1) is 23.5. The minimum Gasteiger partial charge on any atom is -0.507 e. The molecular weight excluding hydrogens is 618 g/mol. The lowest BCUT2D eigenvalue weighted by Gasteiger charge is -2.32. The van der Waals surface area contributed by atoms with Crippen LogP contribution in [-0.2, 0) is 14.3 Å². The molecule has 5 rings (SSSR count). The van der Waals surface area contributed by atoms with Crippen molar-refractivity contribution in [1.29, 1.82) is 5.26 Å². The number of aliphatic hydroxyl groups excluding tert-OH is 1. The molecule has 10 heteroatoms. The number of nitrogens with zero attached hydrogens (tertiary/aromatic N) is 2. The van der Waals surface area contributed by atoms with Crippen molar-refractivity contribution in [3.8, 4) is 34.9 Å². The van der Waals surface area contributed by atoms with Crippen LogP contribution < -0.4 is 10.6 Å². The van der Waals surface area contributed by atoms with Gasteiger partial charge in [-0.15, -0.1) is 0 Å². The molecule has 49 heavy (non-hydrogen) atoms. The molecule has 1 saturated carbocycles. The number of aromatic hydroxyl groups is 1. The predicted octanol–water partition coefficient (Wildman–Crippen LogP) is 6.18. The average Bonchev–Trinajstić information content (AvgIpc) is 3.55. The number of aromatic amines is 1. The summed E-state index contributed by atoms with van der Waals surface area (Å²) in [5, 5.41) is 43.1. The molecule has 1 heterocycles. The van der Waals surface area contributed by atoms with Crippen LogP contribution in [0.2, 0.25) is 0 Å². The van der Waals surface area contributed by atoms with E-state index in [4.69, 9.17) is 4.74 Å². The number of aromatic nitrogens is 2. The van der Waals surface area contributed by atoms with Crippen LogP contribution in [0.15, 0.2) is 79.0 Å². The summed E-state index contributed by atoms with van der Waals surface area (Å²) in [5.74, 6) is 5.45. The quantitative estimate of drug-likeness (QED) is 0.0997. The van der Waals surface area contributed by atoms with Crippen molar-refractivity contribution in [2.75, 3.05) is 5.32 Å². The number of hydrogen-bond donors (Lipinski definition) is 5. The van der Waals surface area contributed by atoms with E-state index in [0.29, 0.717) is 40.1 Å². The molecule has 2 unspecified atom stereocenters. The van der Waals surface area contributed by atoms with E-state index >= 15 is 0 Å². The molecular formula is C39H41N5O5. The molecule has 252 valence electrons. The molecule has 4 aromatic rings. The van der Waals surface area contributed by atoms with Gasteiger partial charge in [-0.05, 0) is 87.6 Å². The van der Waals surface area contributed by atoms with Gasteiger partial charge in [0.25, 0.3) is 0 Å². The maximum Gasteiger partial charge on any atom is 0.227 e. The van der Waals surface area contributed by atoms with Crippen LogP contribution in [0, 0.1) is 35.0 Å². The Hall–Kier alpha value is -5.26. The number of Topliss-reactive ketones (excluding diaryl/α,β-unsaturated/α-hetero) is 1. The monoisotopic (exact) mass is 659 g/mol. The second kappa shape index (κ2) is 15.8. The van der Waals surface area contributed by atoms with E-state index < -0.39 is 18.1 Å². The Kier molecular flexibility index (Phi) is 11.3. The average molecular weight is 660 g/mol. The third kappa shape index (κ3) is 9.43. The molecule has 1 amide bonds. The Morgan fingerprint density at radius 3 is 2.45 bits per heavy atom. The van der Waals surface area contributed by atoms with E-state index in [0.717, 1.165) is 24.8 Å². The number of benzene rings is 3. The molecule has 5 N–H and O–H groups in total. The zero-order valence-corrected chi connectivity index (χ0v) is 27.9. The van der Waals surface area contributed by atoms with Gasteiger partial charge < -0.3 is 20.3 Å². The third-order valence-electron chi connectivity index (χ3n) is 8.47. The number of H-pyrrole nitrogens is 1. The minimum absolute atomic E-state index is 0.00754. The number of phenols is 1. The normalized spacial score (nSPS) is 17.2. The first-order valence-electron chi connectivity index (χ1n) is 16.4. The molecule has 0 saturated heterocycles. The van der Waals surface area contributed by atoms with Crippen molar-refractivity contribution in [2.24, 2.45) is 11.8 Å². The van der Waals surface area contributed by atoms with Crippen LogP contribution in [0.1, 0.15) is 81.2 Å². The van der Waals surface area contributed by atoms with Gasteiger partial charge in [-0.25, -0.2) is 0 Å². The lowest BCUT2D eigenvalue weighted by Crippen LogP contribution is -2.43. The van der Waals surface area contributed by atoms with Crippen molar-refractivity contribution < 1.29 is 24.5 Å². The van der Waals surface area contributed by atoms with Crippen molar-refractivity contribution in [1.82, 2.24) is 15.5 Å². The number of phenolic OH excluding ortho intramolecular Hbond substituents is 1. The highest BCUT2D eigenvalue weighted by atomic mass is 16.6. The number of ketones is 1. The van der Waals surface area contributed by atoms with Crippen LogP contribution in [0.25, 0.3) is 11.3 Å². The fourth-order valence-corrected chi connectivity index (χ4v) is 6.11. The molecule has 10 nitrogen and oxygen atoms in total. The lowest BCUT2D eigenvalue weighted by atomic mass is 9.75. The molecule has 1 aliphatic rings. The minimum atomic E-state index is -1.34. The molecule has 1 fully saturated rings. The molecule has 1 aliphatic carbocycles. The standard InChI is InChI=1S/C39H41N5O5/c1-39(2,3)49-38(48)43-36(27-9-5-4-6-10-27)34(46)22-28-11-7-8-12-31(28)37(47)42-30-18-14-25(15-19-30)13-17-29-24-41-44-35(29)32-21-26(23-40)16-20-33(32)45/h4-6,9-10,14-16,18-21,24,28,31,36,38,43,45,48H,7-8,11-12,22H2,1-3H3,(H,41,44)(H,42,47)/t28?,31-,36-,38?/m1/s1. The van der Waals surface area contributed by atoms with Gasteiger partial charge >= 0.3 is 0 Å². The van der Waals surface area contributed by atoms with Crippen LogP contribution in [0.4, 0.5) is 5.69 Å². The second-order valence-electron chi connectivity index (χ2n) is 13.2. The summed E-state index contributed by atoms with van der Waals surface area (Å²) in [7, 11) is 0. The van der Waals surface area contributed by atoms with E-state index in [1.807, 2.05) is 51.1 Å². The van der Waals surface area contributed by atoms with Crippen LogP contribution in [-0.4, -0.2) is 44.1 Å². The van der Waals surface area contributed by atoms with Gasteiger partial charge in [0.15, 0.2) is 5.78 Å². The number of ether oxygens (including phenoxy) is 1. The Morgan fingerprint density at radius 1 is 1.02 bits per heavy atom. The molecule has 0 spiro atoms. The van der Waals surface area contributed by atoms with E-state index in [1.165, 1.54) is 12.1 Å². The Labute approximate surface area is 286 Å². The van der Waals surface area contributed by atoms with Crippen LogP contribution in [0.3, 0.4) is 0 Å². The van der Waals surface area contributed by atoms with E-state index in [1.54, 1.807) is 36.5 Å². The Balaban J connectivity index is 1.25. The highest BCUT2D eigenvalue weighted by Gasteiger charge is 2.35. The maximum absolute atomic E-state index is 13.8. The van der Waals surface area contributed by atoms with Gasteiger partial charge in [0.2, 0.25) is 12.3 Å². The number of carbonyl (C=O) groups is 2. The largest absolute Gasteiger partial charge is 0.507 e. The summed E-state index contributed by atoms with van der Waals surface area (Å²) in [6.07, 6.45) is 3.70. The lowest BCUT2D eigenvalue weighted by molar-refractivity contribution is -0.187. The van der Waals surface area contributed by atoms with Gasteiger partial charge in [0, 0.05) is 29.2 Å². The number of nitriles is 1. The number of aliphatic hydroxyl groups is 1. The maximum atomic E-state index is 13.8. The fraction of sp³-hybridized carbons (Fsp3) is 0.333. The third-order valence-corrected chi connectivity index (χ3v) is 8.47. The summed E-state index contributed by atoms with van der Waals surface area (Å²) >= 11 is 0. The highest BCUT2D eigenvalue weighted by Crippen LogP contribution is 2.35. The number of hydrogen-bond acceptors (Lipinski definition) is 8. The van der Waals surface area contributed by atoms with Gasteiger partial charge in [-0.3, -0.25) is 20.0 Å². The fourth-order valence-electron chi connectivity index (χ4n) is 6.11. The van der Waals surface area contributed by atoms with Gasteiger partial charge in [-0.1, -0.05) is 55.0 Å². The number of nitrogens with one attached hydrogen (secondary N) is 3. The smallest absolute Gasteiger partial charge is 0.227 e. The molecule has 0 radical (unpaired) electrons. The van der Waals surface area contributed by atoms with E-state index in [9.17, 15) is 25.1 Å². The predicted molar refractivity (Wildman–Crippen MR) is 186 cm³/mol. The number of carbonyl (C=O) groups excluding carboxylic acids is 2. The first-order valence-corrected chi connectivity index (χ1v) is 16.4. The molecule has 3 aromatic carbocycles. The number of anilines is 1. The van der Waals surface area contributed by atoms with Gasteiger partial charge in [-0.2, -0.15) is 10.4 Å². The van der Waals surface area contributed by atoms with Gasteiger partial charge in [0.1, 0.15) is 5.75 Å². The van der Waals surface area contributed by atoms with Crippen LogP contribution in [0.5, 0.6) is 5.75 Å². The van der Waals surface area contributed by atoms with E-state index in [2.05, 4.69) is 38.7 Å². The topological polar surface area (TPSA) is 160 Å². The molecule has 0 aliphatic heterocycles. The summed E-state index contributed by atoms with van der Waals surface area (Å²) in [6, 6.07) is 22.3. The summed E-state index contributed by atoms with van der Waals surface area (Å²) < 4.78 is 5.63. The summed E-state index contributed by atoms with van der Waals surface area (Å²) in [5.41, 5.74) is 3.33. The van der Waals surface area contributed by atoms with Crippen molar-refractivity contribution in [3.05, 3.63) is 101 Å². The number of rotatable bonds is 10. The summed E-state index contributed by atoms with van der Waals surface area (Å²) in [4.78, 5) is 27.3. The SMILES string of the molecule is CC(C)(C)OC(O)N[C@@H](C(=O)CC1CCCC[C@H]1C(=O)Nc1ccc(C#Cc2cn[nH]c2-c2cc(C#N)ccc2O)cc1)c1ccccc1. The van der Waals surface area contributed by atoms with Crippen LogP contribution >= 0.6 is 0 Å².